The van der Waals surface area contributed by atoms with Crippen LogP contribution in [0.4, 0.5) is 0 Å². The third-order valence-corrected chi connectivity index (χ3v) is 6.10. The van der Waals surface area contributed by atoms with Gasteiger partial charge in [0.25, 0.3) is 0 Å². The largest absolute Gasteiger partial charge is 0.507 e. The van der Waals surface area contributed by atoms with Crippen molar-refractivity contribution in [1.82, 2.24) is 5.32 Å². The van der Waals surface area contributed by atoms with Crippen LogP contribution in [0.15, 0.2) is 24.3 Å². The molecule has 4 rings (SSSR count). The Hall–Kier alpha value is -2.92. The van der Waals surface area contributed by atoms with E-state index in [-0.39, 0.29) is 23.6 Å². The Bertz CT molecular complexity index is 1140. The van der Waals surface area contributed by atoms with E-state index >= 15 is 0 Å². The standard InChI is InChI=1S/C25H29NO4/c1-12-7-16-22(13(2)9-21(30-6)25(16)20(8-12)29-5)24-17-10-14(3)26-15(4)23(17)18(27)11-19(24)28/h7-9,11,14-15,26-28H,10H2,1-6H3/t14-,15-/m1/s1. The van der Waals surface area contributed by atoms with E-state index in [9.17, 15) is 10.2 Å². The molecule has 5 nitrogen and oxygen atoms in total. The Balaban J connectivity index is 2.18. The number of hydrogen-bond acceptors (Lipinski definition) is 5. The number of phenols is 2. The van der Waals surface area contributed by atoms with Crippen LogP contribution in [-0.2, 0) is 6.42 Å². The lowest BCUT2D eigenvalue weighted by atomic mass is 9.81. The molecule has 158 valence electrons. The first-order chi connectivity index (χ1) is 14.3. The fourth-order valence-electron chi connectivity index (χ4n) is 4.98. The summed E-state index contributed by atoms with van der Waals surface area (Å²) in [5.41, 5.74) is 5.62. The number of hydrogen-bond donors (Lipinski definition) is 3. The summed E-state index contributed by atoms with van der Waals surface area (Å²) in [5.74, 6) is 1.68. The summed E-state index contributed by atoms with van der Waals surface area (Å²) >= 11 is 0. The van der Waals surface area contributed by atoms with Gasteiger partial charge in [-0.15, -0.1) is 0 Å². The molecule has 0 bridgehead atoms. The molecule has 30 heavy (non-hydrogen) atoms. The third-order valence-electron chi connectivity index (χ3n) is 6.10. The summed E-state index contributed by atoms with van der Waals surface area (Å²) in [6.07, 6.45) is 0.715. The Morgan fingerprint density at radius 3 is 2.23 bits per heavy atom. The van der Waals surface area contributed by atoms with Crippen molar-refractivity contribution in [3.63, 3.8) is 0 Å². The fraction of sp³-hybridized carbons (Fsp3) is 0.360. The normalized spacial score (nSPS) is 18.3. The van der Waals surface area contributed by atoms with Crippen molar-refractivity contribution in [3.05, 3.63) is 46.5 Å². The molecule has 0 saturated heterocycles. The molecule has 0 aliphatic carbocycles. The maximum absolute atomic E-state index is 11.0. The lowest BCUT2D eigenvalue weighted by Crippen LogP contribution is -2.36. The second-order valence-electron chi connectivity index (χ2n) is 8.34. The van der Waals surface area contributed by atoms with Crippen molar-refractivity contribution in [2.24, 2.45) is 0 Å². The summed E-state index contributed by atoms with van der Waals surface area (Å²) in [4.78, 5) is 0. The second-order valence-corrected chi connectivity index (χ2v) is 8.34. The smallest absolute Gasteiger partial charge is 0.130 e. The van der Waals surface area contributed by atoms with Gasteiger partial charge in [-0.3, -0.25) is 0 Å². The van der Waals surface area contributed by atoms with E-state index in [0.29, 0.717) is 6.42 Å². The molecule has 3 aromatic rings. The first-order valence-corrected chi connectivity index (χ1v) is 10.3. The van der Waals surface area contributed by atoms with Crippen LogP contribution in [-0.4, -0.2) is 30.5 Å². The molecule has 0 amide bonds. The van der Waals surface area contributed by atoms with Crippen LogP contribution in [0.5, 0.6) is 23.0 Å². The van der Waals surface area contributed by atoms with Crippen molar-refractivity contribution < 1.29 is 19.7 Å². The summed E-state index contributed by atoms with van der Waals surface area (Å²) in [6, 6.07) is 7.77. The van der Waals surface area contributed by atoms with Crippen molar-refractivity contribution in [3.8, 4) is 34.1 Å². The summed E-state index contributed by atoms with van der Waals surface area (Å²) < 4.78 is 11.4. The van der Waals surface area contributed by atoms with Gasteiger partial charge in [-0.25, -0.2) is 0 Å². The van der Waals surface area contributed by atoms with Gasteiger partial charge in [0.1, 0.15) is 23.0 Å². The number of phenolic OH excluding ortho intramolecular Hbond substituents is 2. The van der Waals surface area contributed by atoms with E-state index in [1.54, 1.807) is 14.2 Å². The van der Waals surface area contributed by atoms with Gasteiger partial charge in [-0.1, -0.05) is 6.07 Å². The molecule has 1 aliphatic heterocycles. The molecule has 3 N–H and O–H groups in total. The van der Waals surface area contributed by atoms with Gasteiger partial charge < -0.3 is 25.0 Å². The summed E-state index contributed by atoms with van der Waals surface area (Å²) in [5, 5.41) is 27.0. The zero-order chi connectivity index (χ0) is 21.7. The van der Waals surface area contributed by atoms with Crippen LogP contribution in [0.1, 0.15) is 42.1 Å². The van der Waals surface area contributed by atoms with Gasteiger partial charge in [0.05, 0.1) is 19.6 Å². The van der Waals surface area contributed by atoms with Gasteiger partial charge in [0.2, 0.25) is 0 Å². The third kappa shape index (κ3) is 3.05. The van der Waals surface area contributed by atoms with E-state index < -0.39 is 0 Å². The second kappa shape index (κ2) is 7.40. The minimum Gasteiger partial charge on any atom is -0.507 e. The zero-order valence-electron chi connectivity index (χ0n) is 18.4. The van der Waals surface area contributed by atoms with Crippen LogP contribution < -0.4 is 14.8 Å². The molecule has 1 aliphatic rings. The molecule has 3 aromatic carbocycles. The number of aryl methyl sites for hydroxylation is 2. The number of aromatic hydroxyl groups is 2. The quantitative estimate of drug-likeness (QED) is 0.560. The number of ether oxygens (including phenoxy) is 2. The molecule has 0 unspecified atom stereocenters. The zero-order valence-corrected chi connectivity index (χ0v) is 18.4. The molecule has 0 spiro atoms. The average Bonchev–Trinajstić information content (AvgIpc) is 2.67. The number of benzene rings is 3. The highest BCUT2D eigenvalue weighted by Crippen LogP contribution is 2.49. The van der Waals surface area contributed by atoms with E-state index in [1.165, 1.54) is 6.07 Å². The molecule has 0 radical (unpaired) electrons. The summed E-state index contributed by atoms with van der Waals surface area (Å²) in [7, 11) is 3.31. The first-order valence-electron chi connectivity index (χ1n) is 10.3. The minimum atomic E-state index is -0.0100. The van der Waals surface area contributed by atoms with Crippen LogP contribution in [0.25, 0.3) is 21.9 Å². The van der Waals surface area contributed by atoms with E-state index in [1.807, 2.05) is 32.9 Å². The van der Waals surface area contributed by atoms with Crippen LogP contribution in [0, 0.1) is 13.8 Å². The monoisotopic (exact) mass is 407 g/mol. The van der Waals surface area contributed by atoms with E-state index in [4.69, 9.17) is 9.47 Å². The Morgan fingerprint density at radius 2 is 1.57 bits per heavy atom. The molecule has 1 heterocycles. The predicted octanol–water partition coefficient (Wildman–Crippen LogP) is 5.15. The average molecular weight is 408 g/mol. The fourth-order valence-corrected chi connectivity index (χ4v) is 4.98. The van der Waals surface area contributed by atoms with Gasteiger partial charge in [0.15, 0.2) is 0 Å². The van der Waals surface area contributed by atoms with Gasteiger partial charge >= 0.3 is 0 Å². The predicted molar refractivity (Wildman–Crippen MR) is 120 cm³/mol. The topological polar surface area (TPSA) is 71.0 Å². The molecular weight excluding hydrogens is 378 g/mol. The van der Waals surface area contributed by atoms with Crippen LogP contribution >= 0.6 is 0 Å². The maximum atomic E-state index is 11.0. The van der Waals surface area contributed by atoms with E-state index in [2.05, 4.69) is 18.3 Å². The number of methoxy groups -OCH3 is 2. The molecule has 5 heteroatoms. The SMILES string of the molecule is COc1cc(C)cc2c(-c3c(O)cc(O)c4c3C[C@@H](C)N[C@@H]4C)c(C)cc(OC)c12. The van der Waals surface area contributed by atoms with Gasteiger partial charge in [0, 0.05) is 29.3 Å². The van der Waals surface area contributed by atoms with Gasteiger partial charge in [-0.05, 0) is 73.9 Å². The highest BCUT2D eigenvalue weighted by Gasteiger charge is 2.30. The van der Waals surface area contributed by atoms with Crippen molar-refractivity contribution in [2.45, 2.75) is 46.2 Å². The Morgan fingerprint density at radius 1 is 0.900 bits per heavy atom. The highest BCUT2D eigenvalue weighted by molar-refractivity contribution is 6.06. The highest BCUT2D eigenvalue weighted by atomic mass is 16.5. The number of fused-ring (bicyclic) bond motifs is 2. The maximum Gasteiger partial charge on any atom is 0.130 e. The molecule has 0 fully saturated rings. The number of nitrogens with one attached hydrogen (secondary N) is 1. The van der Waals surface area contributed by atoms with Gasteiger partial charge in [-0.2, -0.15) is 0 Å². The van der Waals surface area contributed by atoms with Crippen molar-refractivity contribution in [2.75, 3.05) is 14.2 Å². The molecular formula is C25H29NO4. The van der Waals surface area contributed by atoms with Crippen molar-refractivity contribution >= 4 is 10.8 Å². The lowest BCUT2D eigenvalue weighted by Gasteiger charge is -2.32. The molecule has 0 aromatic heterocycles. The summed E-state index contributed by atoms with van der Waals surface area (Å²) in [6.45, 7) is 8.22. The minimum absolute atomic E-state index is 0.0100. The molecule has 0 saturated carbocycles. The van der Waals surface area contributed by atoms with E-state index in [0.717, 1.165) is 55.7 Å². The lowest BCUT2D eigenvalue weighted by molar-refractivity contribution is 0.401. The number of rotatable bonds is 3. The van der Waals surface area contributed by atoms with Crippen LogP contribution in [0.3, 0.4) is 0 Å². The Labute approximate surface area is 177 Å². The first kappa shape index (κ1) is 20.4. The molecule has 2 atom stereocenters. The van der Waals surface area contributed by atoms with Crippen molar-refractivity contribution in [1.29, 1.82) is 0 Å². The Kier molecular flexibility index (Phi) is 5.02. The van der Waals surface area contributed by atoms with Crippen LogP contribution in [0.2, 0.25) is 0 Å².